The van der Waals surface area contributed by atoms with Gasteiger partial charge in [0.2, 0.25) is 0 Å². The van der Waals surface area contributed by atoms with E-state index in [0.717, 1.165) is 0 Å². The van der Waals surface area contributed by atoms with Crippen molar-refractivity contribution in [2.45, 2.75) is 11.8 Å². The van der Waals surface area contributed by atoms with Crippen molar-refractivity contribution in [1.82, 2.24) is 4.90 Å². The van der Waals surface area contributed by atoms with E-state index in [2.05, 4.69) is 0 Å². The van der Waals surface area contributed by atoms with Gasteiger partial charge in [0.25, 0.3) is 11.6 Å². The maximum atomic E-state index is 12.7. The number of nitro groups is 1. The first-order chi connectivity index (χ1) is 11.4. The Bertz CT molecular complexity index is 608. The Morgan fingerprint density at radius 2 is 2.08 bits per heavy atom. The van der Waals surface area contributed by atoms with Crippen LogP contribution in [0.3, 0.4) is 0 Å². The smallest absolute Gasteiger partial charge is 0.325 e. The van der Waals surface area contributed by atoms with Gasteiger partial charge in [-0.3, -0.25) is 19.7 Å². The zero-order valence-corrected chi connectivity index (χ0v) is 14.6. The number of nitro benzene ring substituents is 1. The lowest BCUT2D eigenvalue weighted by atomic mass is 10.1. The fraction of sp³-hybridized carbons (Fsp3) is 0.467. The van der Waals surface area contributed by atoms with Crippen LogP contribution in [0.25, 0.3) is 0 Å². The normalized spacial score (nSPS) is 10.3. The molecule has 0 heterocycles. The van der Waals surface area contributed by atoms with E-state index in [-0.39, 0.29) is 37.6 Å². The van der Waals surface area contributed by atoms with Gasteiger partial charge in [-0.2, -0.15) is 0 Å². The van der Waals surface area contributed by atoms with E-state index in [9.17, 15) is 19.7 Å². The van der Waals surface area contributed by atoms with Crippen LogP contribution in [0.5, 0.6) is 0 Å². The lowest BCUT2D eigenvalue weighted by Crippen LogP contribution is -2.39. The first-order valence-corrected chi connectivity index (χ1v) is 8.43. The van der Waals surface area contributed by atoms with Crippen LogP contribution in [0.15, 0.2) is 23.1 Å². The average Bonchev–Trinajstić information content (AvgIpc) is 2.57. The first kappa shape index (κ1) is 19.9. The molecule has 0 radical (unpaired) electrons. The van der Waals surface area contributed by atoms with Crippen LogP contribution in [0, 0.1) is 10.1 Å². The molecule has 0 bridgehead atoms. The SMILES string of the molecule is CCOC(=O)CN(CCOC)C(=O)c1cc(SC)ccc1[N+](=O)[O-]. The van der Waals surface area contributed by atoms with Crippen molar-refractivity contribution in [2.75, 3.05) is 39.7 Å². The van der Waals surface area contributed by atoms with Gasteiger partial charge < -0.3 is 14.4 Å². The molecule has 0 saturated heterocycles. The molecule has 0 aromatic heterocycles. The number of hydrogen-bond donors (Lipinski definition) is 0. The number of rotatable bonds is 9. The molecule has 132 valence electrons. The van der Waals surface area contributed by atoms with Gasteiger partial charge in [-0.25, -0.2) is 0 Å². The van der Waals surface area contributed by atoms with E-state index < -0.39 is 16.8 Å². The molecule has 0 saturated carbocycles. The van der Waals surface area contributed by atoms with E-state index in [1.165, 1.54) is 35.9 Å². The Balaban J connectivity index is 3.15. The summed E-state index contributed by atoms with van der Waals surface area (Å²) in [4.78, 5) is 36.9. The van der Waals surface area contributed by atoms with Gasteiger partial charge in [0.1, 0.15) is 12.1 Å². The summed E-state index contributed by atoms with van der Waals surface area (Å²) in [5.74, 6) is -1.19. The number of ether oxygens (including phenoxy) is 2. The third-order valence-electron chi connectivity index (χ3n) is 3.11. The van der Waals surface area contributed by atoms with Crippen LogP contribution in [0.2, 0.25) is 0 Å². The molecule has 0 atom stereocenters. The molecule has 0 N–H and O–H groups in total. The number of carbonyl (C=O) groups excluding carboxylic acids is 2. The van der Waals surface area contributed by atoms with Gasteiger partial charge >= 0.3 is 5.97 Å². The summed E-state index contributed by atoms with van der Waals surface area (Å²) in [6.45, 7) is 1.87. The number of methoxy groups -OCH3 is 1. The van der Waals surface area contributed by atoms with Crippen LogP contribution < -0.4 is 0 Å². The van der Waals surface area contributed by atoms with Crippen LogP contribution in [-0.4, -0.2) is 61.4 Å². The Morgan fingerprint density at radius 3 is 2.62 bits per heavy atom. The molecule has 0 aliphatic carbocycles. The van der Waals surface area contributed by atoms with E-state index in [1.54, 1.807) is 19.2 Å². The Kier molecular flexibility index (Phi) is 8.20. The van der Waals surface area contributed by atoms with E-state index in [4.69, 9.17) is 9.47 Å². The molecule has 1 aromatic rings. The summed E-state index contributed by atoms with van der Waals surface area (Å²) < 4.78 is 9.79. The molecule has 0 aliphatic rings. The molecule has 1 aromatic carbocycles. The minimum Gasteiger partial charge on any atom is -0.465 e. The van der Waals surface area contributed by atoms with Gasteiger partial charge in [0.15, 0.2) is 0 Å². The van der Waals surface area contributed by atoms with Crippen LogP contribution in [0.1, 0.15) is 17.3 Å². The maximum Gasteiger partial charge on any atom is 0.325 e. The minimum atomic E-state index is -0.615. The van der Waals surface area contributed by atoms with Gasteiger partial charge in [-0.15, -0.1) is 11.8 Å². The second kappa shape index (κ2) is 9.89. The average molecular weight is 356 g/mol. The Hall–Kier alpha value is -2.13. The summed E-state index contributed by atoms with van der Waals surface area (Å²) in [6.07, 6.45) is 1.80. The third-order valence-corrected chi connectivity index (χ3v) is 3.83. The number of thioether (sulfide) groups is 1. The monoisotopic (exact) mass is 356 g/mol. The Labute approximate surface area is 144 Å². The van der Waals surface area contributed by atoms with Gasteiger partial charge in [0.05, 0.1) is 18.1 Å². The highest BCUT2D eigenvalue weighted by Crippen LogP contribution is 2.26. The second-order valence-electron chi connectivity index (χ2n) is 4.66. The number of nitrogens with zero attached hydrogens (tertiary/aromatic N) is 2. The van der Waals surface area contributed by atoms with Crippen molar-refractivity contribution >= 4 is 29.3 Å². The van der Waals surface area contributed by atoms with Crippen LogP contribution in [0.4, 0.5) is 5.69 Å². The molecule has 0 spiro atoms. The third kappa shape index (κ3) is 5.50. The van der Waals surface area contributed by atoms with E-state index in [0.29, 0.717) is 4.90 Å². The van der Waals surface area contributed by atoms with E-state index >= 15 is 0 Å². The zero-order chi connectivity index (χ0) is 18.1. The highest BCUT2D eigenvalue weighted by molar-refractivity contribution is 7.98. The number of esters is 1. The molecule has 9 heteroatoms. The molecule has 24 heavy (non-hydrogen) atoms. The number of carbonyl (C=O) groups is 2. The molecule has 1 amide bonds. The highest BCUT2D eigenvalue weighted by Gasteiger charge is 2.26. The van der Waals surface area contributed by atoms with Crippen molar-refractivity contribution in [3.8, 4) is 0 Å². The van der Waals surface area contributed by atoms with Gasteiger partial charge in [-0.05, 0) is 25.3 Å². The minimum absolute atomic E-state index is 0.0627. The van der Waals surface area contributed by atoms with Crippen molar-refractivity contribution in [3.63, 3.8) is 0 Å². The van der Waals surface area contributed by atoms with Crippen molar-refractivity contribution in [2.24, 2.45) is 0 Å². The molecular formula is C15H20N2O6S. The van der Waals surface area contributed by atoms with Crippen molar-refractivity contribution in [3.05, 3.63) is 33.9 Å². The number of hydrogen-bond acceptors (Lipinski definition) is 7. The van der Waals surface area contributed by atoms with Crippen LogP contribution in [-0.2, 0) is 14.3 Å². The van der Waals surface area contributed by atoms with Gasteiger partial charge in [-0.1, -0.05) is 0 Å². The largest absolute Gasteiger partial charge is 0.465 e. The lowest BCUT2D eigenvalue weighted by Gasteiger charge is -2.21. The predicted octanol–water partition coefficient (Wildman–Crippen LogP) is 1.97. The predicted molar refractivity (Wildman–Crippen MR) is 89.3 cm³/mol. The standard InChI is InChI=1S/C15H20N2O6S/c1-4-23-14(18)10-16(7-8-22-2)15(19)12-9-11(24-3)5-6-13(12)17(20)21/h5-6,9H,4,7-8,10H2,1-3H3. The summed E-state index contributed by atoms with van der Waals surface area (Å²) >= 11 is 1.36. The number of benzene rings is 1. The molecule has 8 nitrogen and oxygen atoms in total. The Morgan fingerprint density at radius 1 is 1.38 bits per heavy atom. The van der Waals surface area contributed by atoms with Gasteiger partial charge in [0, 0.05) is 24.6 Å². The lowest BCUT2D eigenvalue weighted by molar-refractivity contribution is -0.385. The topological polar surface area (TPSA) is 99.0 Å². The number of amides is 1. The summed E-state index contributed by atoms with van der Waals surface area (Å²) in [6, 6.07) is 4.32. The molecule has 1 rings (SSSR count). The molecule has 0 aliphatic heterocycles. The zero-order valence-electron chi connectivity index (χ0n) is 13.8. The summed E-state index contributed by atoms with van der Waals surface area (Å²) in [5, 5.41) is 11.2. The molecule has 0 unspecified atom stereocenters. The molecular weight excluding hydrogens is 336 g/mol. The first-order valence-electron chi connectivity index (χ1n) is 7.20. The highest BCUT2D eigenvalue weighted by atomic mass is 32.2. The molecule has 0 fully saturated rings. The quantitative estimate of drug-likeness (QED) is 0.289. The second-order valence-corrected chi connectivity index (χ2v) is 5.54. The fourth-order valence-electron chi connectivity index (χ4n) is 1.96. The van der Waals surface area contributed by atoms with Crippen LogP contribution >= 0.6 is 11.8 Å². The van der Waals surface area contributed by atoms with E-state index in [1.807, 2.05) is 0 Å². The summed E-state index contributed by atoms with van der Waals surface area (Å²) in [5.41, 5.74) is -0.365. The summed E-state index contributed by atoms with van der Waals surface area (Å²) in [7, 11) is 1.46. The fourth-order valence-corrected chi connectivity index (χ4v) is 2.40. The van der Waals surface area contributed by atoms with Crippen molar-refractivity contribution < 1.29 is 24.0 Å². The van der Waals surface area contributed by atoms with Crippen molar-refractivity contribution in [1.29, 1.82) is 0 Å². The maximum absolute atomic E-state index is 12.7.